The number of hydrogen-bond donors (Lipinski definition) is 0. The number of hydrogen-bond acceptors (Lipinski definition) is 2. The lowest BCUT2D eigenvalue weighted by Gasteiger charge is -2.15. The molecule has 24 heavy (non-hydrogen) atoms. The maximum Gasteiger partial charge on any atom is 0.262 e. The van der Waals surface area contributed by atoms with E-state index in [0.29, 0.717) is 5.39 Å². The summed E-state index contributed by atoms with van der Waals surface area (Å²) in [5.74, 6) is 0. The second kappa shape index (κ2) is 5.34. The fourth-order valence-corrected chi connectivity index (χ4v) is 3.41. The van der Waals surface area contributed by atoms with Gasteiger partial charge < -0.3 is 4.57 Å². The maximum absolute atomic E-state index is 13.2. The van der Waals surface area contributed by atoms with E-state index in [-0.39, 0.29) is 11.6 Å². The first kappa shape index (κ1) is 14.7. The molecule has 4 nitrogen and oxygen atoms in total. The molecule has 0 atom stereocenters. The van der Waals surface area contributed by atoms with E-state index in [0.717, 1.165) is 27.8 Å². The lowest BCUT2D eigenvalue weighted by atomic mass is 10.1. The van der Waals surface area contributed by atoms with Crippen molar-refractivity contribution in [1.29, 1.82) is 0 Å². The Morgan fingerprint density at radius 1 is 0.958 bits per heavy atom. The third kappa shape index (κ3) is 1.99. The van der Waals surface area contributed by atoms with Crippen LogP contribution in [0.5, 0.6) is 0 Å². The SMILES string of the molecule is Cc1nn(-c2ccccc2)c2c1c(=O)n(C(C)C)c1ccccc21. The van der Waals surface area contributed by atoms with Gasteiger partial charge >= 0.3 is 0 Å². The Bertz CT molecular complexity index is 1100. The Kier molecular flexibility index (Phi) is 3.27. The quantitative estimate of drug-likeness (QED) is 0.555. The number of aryl methyl sites for hydroxylation is 1. The van der Waals surface area contributed by atoms with Crippen LogP contribution in [0.2, 0.25) is 0 Å². The number of fused-ring (bicyclic) bond motifs is 3. The van der Waals surface area contributed by atoms with E-state index in [2.05, 4.69) is 11.2 Å². The third-order valence-electron chi connectivity index (χ3n) is 4.43. The van der Waals surface area contributed by atoms with Crippen molar-refractivity contribution in [1.82, 2.24) is 14.3 Å². The van der Waals surface area contributed by atoms with Crippen LogP contribution in [0.25, 0.3) is 27.5 Å². The fourth-order valence-electron chi connectivity index (χ4n) is 3.41. The van der Waals surface area contributed by atoms with E-state index in [1.165, 1.54) is 0 Å². The van der Waals surface area contributed by atoms with Crippen molar-refractivity contribution in [3.8, 4) is 5.69 Å². The molecular formula is C20H19N3O. The van der Waals surface area contributed by atoms with Crippen LogP contribution in [0, 0.1) is 6.92 Å². The monoisotopic (exact) mass is 317 g/mol. The number of aromatic nitrogens is 3. The highest BCUT2D eigenvalue weighted by atomic mass is 16.1. The molecular weight excluding hydrogens is 298 g/mol. The summed E-state index contributed by atoms with van der Waals surface area (Å²) in [6, 6.07) is 18.1. The minimum absolute atomic E-state index is 0.0263. The zero-order valence-corrected chi connectivity index (χ0v) is 14.0. The minimum atomic E-state index is 0.0263. The Labute approximate surface area is 140 Å². The van der Waals surface area contributed by atoms with E-state index >= 15 is 0 Å². The molecule has 0 aliphatic heterocycles. The summed E-state index contributed by atoms with van der Waals surface area (Å²) < 4.78 is 3.75. The summed E-state index contributed by atoms with van der Waals surface area (Å²) in [6.07, 6.45) is 0. The van der Waals surface area contributed by atoms with Crippen LogP contribution in [0.3, 0.4) is 0 Å². The van der Waals surface area contributed by atoms with Crippen molar-refractivity contribution in [2.75, 3.05) is 0 Å². The topological polar surface area (TPSA) is 39.8 Å². The van der Waals surface area contributed by atoms with Crippen LogP contribution in [-0.2, 0) is 0 Å². The highest BCUT2D eigenvalue weighted by molar-refractivity contribution is 6.05. The highest BCUT2D eigenvalue weighted by Gasteiger charge is 2.19. The van der Waals surface area contributed by atoms with Crippen LogP contribution < -0.4 is 5.56 Å². The largest absolute Gasteiger partial charge is 0.305 e. The molecule has 0 unspecified atom stereocenters. The number of para-hydroxylation sites is 2. The molecule has 4 aromatic rings. The van der Waals surface area contributed by atoms with Crippen LogP contribution in [0.15, 0.2) is 59.4 Å². The zero-order chi connectivity index (χ0) is 16.8. The summed E-state index contributed by atoms with van der Waals surface area (Å²) >= 11 is 0. The normalized spacial score (nSPS) is 11.7. The van der Waals surface area contributed by atoms with Crippen molar-refractivity contribution in [3.63, 3.8) is 0 Å². The van der Waals surface area contributed by atoms with Gasteiger partial charge in [-0.25, -0.2) is 4.68 Å². The van der Waals surface area contributed by atoms with Crippen molar-refractivity contribution in [2.45, 2.75) is 26.8 Å². The molecule has 2 aromatic heterocycles. The summed E-state index contributed by atoms with van der Waals surface area (Å²) in [4.78, 5) is 13.2. The standard InChI is InChI=1S/C20H19N3O/c1-13(2)22-17-12-8-7-11-16(17)19-18(20(22)24)14(3)21-23(19)15-9-5-4-6-10-15/h4-13H,1-3H3. The molecule has 0 aliphatic rings. The molecule has 0 radical (unpaired) electrons. The first-order valence-corrected chi connectivity index (χ1v) is 8.17. The van der Waals surface area contributed by atoms with Gasteiger partial charge in [-0.1, -0.05) is 36.4 Å². The number of nitrogens with zero attached hydrogens (tertiary/aromatic N) is 3. The molecule has 0 fully saturated rings. The summed E-state index contributed by atoms with van der Waals surface area (Å²) in [7, 11) is 0. The van der Waals surface area contributed by atoms with Crippen LogP contribution in [0.1, 0.15) is 25.6 Å². The average molecular weight is 317 g/mol. The molecule has 0 bridgehead atoms. The predicted molar refractivity (Wildman–Crippen MR) is 98.0 cm³/mol. The Balaban J connectivity index is 2.27. The Hall–Kier alpha value is -2.88. The smallest absolute Gasteiger partial charge is 0.262 e. The molecule has 120 valence electrons. The molecule has 2 aromatic carbocycles. The predicted octanol–water partition coefficient (Wildman–Crippen LogP) is 4.23. The van der Waals surface area contributed by atoms with Gasteiger partial charge in [0, 0.05) is 11.4 Å². The Morgan fingerprint density at radius 2 is 1.62 bits per heavy atom. The van der Waals surface area contributed by atoms with Gasteiger partial charge in [-0.15, -0.1) is 0 Å². The molecule has 0 N–H and O–H groups in total. The molecule has 0 aliphatic carbocycles. The average Bonchev–Trinajstić information content (AvgIpc) is 2.94. The molecule has 2 heterocycles. The van der Waals surface area contributed by atoms with Gasteiger partial charge in [0.15, 0.2) is 0 Å². The lowest BCUT2D eigenvalue weighted by Crippen LogP contribution is -2.22. The molecule has 0 amide bonds. The second-order valence-corrected chi connectivity index (χ2v) is 6.34. The molecule has 4 rings (SSSR count). The summed E-state index contributed by atoms with van der Waals surface area (Å²) in [6.45, 7) is 5.98. The lowest BCUT2D eigenvalue weighted by molar-refractivity contribution is 0.604. The van der Waals surface area contributed by atoms with Crippen LogP contribution in [-0.4, -0.2) is 14.3 Å². The number of benzene rings is 2. The van der Waals surface area contributed by atoms with Crippen molar-refractivity contribution < 1.29 is 0 Å². The zero-order valence-electron chi connectivity index (χ0n) is 14.0. The van der Waals surface area contributed by atoms with Crippen LogP contribution >= 0.6 is 0 Å². The van der Waals surface area contributed by atoms with Crippen molar-refractivity contribution in [2.24, 2.45) is 0 Å². The molecule has 0 saturated heterocycles. The van der Waals surface area contributed by atoms with Gasteiger partial charge in [0.2, 0.25) is 0 Å². The third-order valence-corrected chi connectivity index (χ3v) is 4.43. The second-order valence-electron chi connectivity index (χ2n) is 6.34. The van der Waals surface area contributed by atoms with Gasteiger partial charge in [0.1, 0.15) is 0 Å². The van der Waals surface area contributed by atoms with Crippen molar-refractivity contribution >= 4 is 21.8 Å². The number of pyridine rings is 1. The highest BCUT2D eigenvalue weighted by Crippen LogP contribution is 2.28. The van der Waals surface area contributed by atoms with E-state index in [1.807, 2.05) is 78.6 Å². The van der Waals surface area contributed by atoms with Gasteiger partial charge in [-0.2, -0.15) is 5.10 Å². The summed E-state index contributed by atoms with van der Waals surface area (Å²) in [5, 5.41) is 6.42. The Morgan fingerprint density at radius 3 is 2.33 bits per heavy atom. The van der Waals surface area contributed by atoms with Crippen LogP contribution in [0.4, 0.5) is 0 Å². The van der Waals surface area contributed by atoms with Gasteiger partial charge in [-0.3, -0.25) is 4.79 Å². The molecule has 0 saturated carbocycles. The van der Waals surface area contributed by atoms with Gasteiger partial charge in [-0.05, 0) is 39.0 Å². The summed E-state index contributed by atoms with van der Waals surface area (Å²) in [5.41, 5.74) is 3.58. The van der Waals surface area contributed by atoms with Crippen molar-refractivity contribution in [3.05, 3.63) is 70.6 Å². The minimum Gasteiger partial charge on any atom is -0.305 e. The molecule has 4 heteroatoms. The first-order chi connectivity index (χ1) is 11.6. The maximum atomic E-state index is 13.2. The van der Waals surface area contributed by atoms with E-state index in [9.17, 15) is 4.79 Å². The van der Waals surface area contributed by atoms with E-state index < -0.39 is 0 Å². The first-order valence-electron chi connectivity index (χ1n) is 8.17. The van der Waals surface area contributed by atoms with Gasteiger partial charge in [0.25, 0.3) is 5.56 Å². The molecule has 0 spiro atoms. The number of rotatable bonds is 2. The van der Waals surface area contributed by atoms with E-state index in [1.54, 1.807) is 0 Å². The van der Waals surface area contributed by atoms with Gasteiger partial charge in [0.05, 0.1) is 27.8 Å². The van der Waals surface area contributed by atoms with E-state index in [4.69, 9.17) is 0 Å². The fraction of sp³-hybridized carbons (Fsp3) is 0.200.